The second-order valence-corrected chi connectivity index (χ2v) is 6.14. The zero-order valence-corrected chi connectivity index (χ0v) is 11.9. The Balaban J connectivity index is 1.86. The van der Waals surface area contributed by atoms with E-state index in [4.69, 9.17) is 14.2 Å². The van der Waals surface area contributed by atoms with Crippen LogP contribution in [-0.4, -0.2) is 30.3 Å². The summed E-state index contributed by atoms with van der Waals surface area (Å²) in [5.74, 6) is 1.54. The number of ether oxygens (including phenoxy) is 1. The molecule has 0 spiro atoms. The summed E-state index contributed by atoms with van der Waals surface area (Å²) in [6, 6.07) is 0. The van der Waals surface area contributed by atoms with E-state index < -0.39 is 0 Å². The van der Waals surface area contributed by atoms with Crippen molar-refractivity contribution < 1.29 is 9.26 Å². The zero-order valence-electron chi connectivity index (χ0n) is 11.9. The smallest absolute Gasteiger partial charge is 0.232 e. The molecule has 1 aromatic rings. The maximum Gasteiger partial charge on any atom is 0.232 e. The van der Waals surface area contributed by atoms with Crippen LogP contribution in [-0.2, 0) is 15.8 Å². The summed E-state index contributed by atoms with van der Waals surface area (Å²) < 4.78 is 11.3. The average Bonchev–Trinajstić information content (AvgIpc) is 3.09. The molecule has 0 unspecified atom stereocenters. The monoisotopic (exact) mass is 265 g/mol. The van der Waals surface area contributed by atoms with E-state index >= 15 is 0 Å². The molecule has 1 saturated carbocycles. The van der Waals surface area contributed by atoms with Crippen molar-refractivity contribution in [1.29, 1.82) is 0 Å². The highest BCUT2D eigenvalue weighted by Crippen LogP contribution is 2.41. The van der Waals surface area contributed by atoms with Crippen LogP contribution in [0.2, 0.25) is 0 Å². The third-order valence-corrected chi connectivity index (χ3v) is 4.86. The lowest BCUT2D eigenvalue weighted by atomic mass is 9.81. The van der Waals surface area contributed by atoms with Gasteiger partial charge in [0.2, 0.25) is 11.7 Å². The summed E-state index contributed by atoms with van der Waals surface area (Å²) in [7, 11) is 1.76. The second-order valence-electron chi connectivity index (χ2n) is 6.14. The van der Waals surface area contributed by atoms with Crippen LogP contribution in [0.1, 0.15) is 57.2 Å². The predicted molar refractivity (Wildman–Crippen MR) is 70.9 cm³/mol. The molecule has 2 fully saturated rings. The first kappa shape index (κ1) is 13.1. The minimum atomic E-state index is -0.301. The quantitative estimate of drug-likeness (QED) is 0.907. The third-order valence-electron chi connectivity index (χ3n) is 4.86. The highest BCUT2D eigenvalue weighted by atomic mass is 16.5. The molecule has 2 aliphatic rings. The Kier molecular flexibility index (Phi) is 3.35. The number of aromatic nitrogens is 2. The number of nitrogens with one attached hydrogen (secondary N) is 1. The van der Waals surface area contributed by atoms with Gasteiger partial charge in [-0.3, -0.25) is 0 Å². The molecule has 5 heteroatoms. The first-order valence-corrected chi connectivity index (χ1v) is 7.29. The van der Waals surface area contributed by atoms with Gasteiger partial charge in [0.25, 0.3) is 0 Å². The fourth-order valence-electron chi connectivity index (χ4n) is 3.31. The van der Waals surface area contributed by atoms with Crippen molar-refractivity contribution >= 4 is 0 Å². The fourth-order valence-corrected chi connectivity index (χ4v) is 3.31. The molecular weight excluding hydrogens is 242 g/mol. The Labute approximate surface area is 114 Å². The Morgan fingerprint density at radius 1 is 1.16 bits per heavy atom. The van der Waals surface area contributed by atoms with Crippen molar-refractivity contribution in [3.8, 4) is 0 Å². The molecule has 1 aromatic heterocycles. The molecule has 1 aliphatic carbocycles. The van der Waals surface area contributed by atoms with Crippen LogP contribution in [0.25, 0.3) is 0 Å². The Morgan fingerprint density at radius 2 is 1.84 bits per heavy atom. The second kappa shape index (κ2) is 4.87. The Bertz CT molecular complexity index is 432. The lowest BCUT2D eigenvalue weighted by molar-refractivity contribution is -0.0178. The molecule has 19 heavy (non-hydrogen) atoms. The van der Waals surface area contributed by atoms with Crippen LogP contribution in [0.3, 0.4) is 0 Å². The minimum absolute atomic E-state index is 0.0179. The predicted octanol–water partition coefficient (Wildman–Crippen LogP) is 2.13. The van der Waals surface area contributed by atoms with Gasteiger partial charge in [0, 0.05) is 12.5 Å². The van der Waals surface area contributed by atoms with Gasteiger partial charge in [0.05, 0.1) is 0 Å². The number of piperidine rings is 1. The van der Waals surface area contributed by atoms with E-state index in [1.165, 1.54) is 12.8 Å². The number of hydrogen-bond acceptors (Lipinski definition) is 5. The summed E-state index contributed by atoms with van der Waals surface area (Å²) in [6.07, 6.45) is 6.46. The van der Waals surface area contributed by atoms with Gasteiger partial charge < -0.3 is 14.6 Å². The van der Waals surface area contributed by atoms with E-state index in [0.717, 1.165) is 50.5 Å². The molecule has 5 nitrogen and oxygen atoms in total. The first-order valence-electron chi connectivity index (χ1n) is 7.29. The lowest BCUT2D eigenvalue weighted by Gasteiger charge is -2.30. The van der Waals surface area contributed by atoms with Crippen molar-refractivity contribution in [2.24, 2.45) is 0 Å². The summed E-state index contributed by atoms with van der Waals surface area (Å²) >= 11 is 0. The summed E-state index contributed by atoms with van der Waals surface area (Å²) in [4.78, 5) is 4.70. The fraction of sp³-hybridized carbons (Fsp3) is 0.857. The van der Waals surface area contributed by atoms with Gasteiger partial charge in [-0.15, -0.1) is 0 Å². The van der Waals surface area contributed by atoms with Crippen molar-refractivity contribution in [2.75, 3.05) is 20.2 Å². The molecule has 1 aliphatic heterocycles. The standard InChI is InChI=1S/C14H23N3O2/c1-13(7-9-15-10-8-13)12-16-11(17-19-12)14(18-2)5-3-4-6-14/h15H,3-10H2,1-2H3. The van der Waals surface area contributed by atoms with Gasteiger partial charge in [-0.25, -0.2) is 0 Å². The maximum atomic E-state index is 5.72. The molecule has 1 N–H and O–H groups in total. The normalized spacial score (nSPS) is 25.6. The molecule has 0 atom stereocenters. The zero-order chi connectivity index (χ0) is 13.3. The summed E-state index contributed by atoms with van der Waals surface area (Å²) in [5.41, 5.74) is -0.283. The molecule has 0 amide bonds. The Hall–Kier alpha value is -0.940. The minimum Gasteiger partial charge on any atom is -0.370 e. The maximum absolute atomic E-state index is 5.72. The van der Waals surface area contributed by atoms with Gasteiger partial charge in [0.1, 0.15) is 5.60 Å². The highest BCUT2D eigenvalue weighted by molar-refractivity contribution is 5.10. The molecule has 0 radical (unpaired) electrons. The van der Waals surface area contributed by atoms with Gasteiger partial charge in [0.15, 0.2) is 0 Å². The number of hydrogen-bond donors (Lipinski definition) is 1. The third kappa shape index (κ3) is 2.19. The SMILES string of the molecule is COC1(c2noc(C3(C)CCNCC3)n2)CCCC1. The summed E-state index contributed by atoms with van der Waals surface area (Å²) in [6.45, 7) is 4.26. The van der Waals surface area contributed by atoms with Gasteiger partial charge in [-0.2, -0.15) is 4.98 Å². The van der Waals surface area contributed by atoms with Crippen LogP contribution in [0, 0.1) is 0 Å². The lowest BCUT2D eigenvalue weighted by Crippen LogP contribution is -2.38. The van der Waals surface area contributed by atoms with E-state index in [1.807, 2.05) is 0 Å². The largest absolute Gasteiger partial charge is 0.370 e. The van der Waals surface area contributed by atoms with E-state index in [0.29, 0.717) is 0 Å². The van der Waals surface area contributed by atoms with Gasteiger partial charge >= 0.3 is 0 Å². The van der Waals surface area contributed by atoms with Crippen molar-refractivity contribution in [3.63, 3.8) is 0 Å². The number of nitrogens with zero attached hydrogens (tertiary/aromatic N) is 2. The van der Waals surface area contributed by atoms with Crippen LogP contribution < -0.4 is 5.32 Å². The number of methoxy groups -OCH3 is 1. The van der Waals surface area contributed by atoms with Gasteiger partial charge in [-0.05, 0) is 51.6 Å². The van der Waals surface area contributed by atoms with E-state index in [1.54, 1.807) is 7.11 Å². The molecule has 1 saturated heterocycles. The van der Waals surface area contributed by atoms with Crippen LogP contribution >= 0.6 is 0 Å². The van der Waals surface area contributed by atoms with E-state index in [-0.39, 0.29) is 11.0 Å². The van der Waals surface area contributed by atoms with Crippen LogP contribution in [0.4, 0.5) is 0 Å². The Morgan fingerprint density at radius 3 is 2.47 bits per heavy atom. The molecule has 106 valence electrons. The van der Waals surface area contributed by atoms with Crippen molar-refractivity contribution in [2.45, 2.75) is 56.5 Å². The molecule has 0 bridgehead atoms. The van der Waals surface area contributed by atoms with Crippen LogP contribution in [0.15, 0.2) is 4.52 Å². The number of rotatable bonds is 3. The van der Waals surface area contributed by atoms with Crippen LogP contribution in [0.5, 0.6) is 0 Å². The van der Waals surface area contributed by atoms with Gasteiger partial charge in [-0.1, -0.05) is 12.1 Å². The molecule has 2 heterocycles. The van der Waals surface area contributed by atoms with E-state index in [9.17, 15) is 0 Å². The van der Waals surface area contributed by atoms with Crippen molar-refractivity contribution in [3.05, 3.63) is 11.7 Å². The molecular formula is C14H23N3O2. The van der Waals surface area contributed by atoms with E-state index in [2.05, 4.69) is 17.4 Å². The average molecular weight is 265 g/mol. The molecule has 3 rings (SSSR count). The van der Waals surface area contributed by atoms with Crippen molar-refractivity contribution in [1.82, 2.24) is 15.5 Å². The topological polar surface area (TPSA) is 60.2 Å². The highest BCUT2D eigenvalue weighted by Gasteiger charge is 2.42. The molecule has 0 aromatic carbocycles. The first-order chi connectivity index (χ1) is 9.19. The summed E-state index contributed by atoms with van der Waals surface area (Å²) in [5, 5.41) is 7.61.